The molecule has 1 aliphatic rings. The van der Waals surface area contributed by atoms with Crippen molar-refractivity contribution in [1.82, 2.24) is 10.9 Å². The fourth-order valence-corrected chi connectivity index (χ4v) is 2.83. The molecule has 0 spiro atoms. The number of hydrazine groups is 1. The summed E-state index contributed by atoms with van der Waals surface area (Å²) in [6, 6.07) is 11.9. The molecule has 0 amide bonds. The molecule has 1 aromatic rings. The predicted octanol–water partition coefficient (Wildman–Crippen LogP) is 3.20. The Balaban J connectivity index is 1.67. The van der Waals surface area contributed by atoms with E-state index in [-0.39, 0.29) is 0 Å². The molecule has 0 radical (unpaired) electrons. The van der Waals surface area contributed by atoms with Crippen LogP contribution >= 0.6 is 11.8 Å². The van der Waals surface area contributed by atoms with Crippen LogP contribution in [0.15, 0.2) is 35.2 Å². The Hall–Kier alpha value is -0.510. The summed E-state index contributed by atoms with van der Waals surface area (Å²) in [6.07, 6.45) is 5.21. The third kappa shape index (κ3) is 4.34. The minimum absolute atomic E-state index is 0.556. The van der Waals surface area contributed by atoms with Crippen LogP contribution < -0.4 is 10.9 Å². The van der Waals surface area contributed by atoms with E-state index >= 15 is 0 Å². The molecule has 0 heterocycles. The van der Waals surface area contributed by atoms with E-state index in [9.17, 15) is 0 Å². The molecule has 0 aromatic heterocycles. The van der Waals surface area contributed by atoms with Gasteiger partial charge < -0.3 is 0 Å². The van der Waals surface area contributed by atoms with Crippen molar-refractivity contribution < 1.29 is 0 Å². The third-order valence-electron chi connectivity index (χ3n) is 3.28. The highest BCUT2D eigenvalue weighted by Crippen LogP contribution is 2.19. The van der Waals surface area contributed by atoms with E-state index in [1.165, 1.54) is 30.6 Å². The van der Waals surface area contributed by atoms with Gasteiger partial charge in [-0.25, -0.2) is 0 Å². The van der Waals surface area contributed by atoms with E-state index in [0.29, 0.717) is 12.1 Å². The topological polar surface area (TPSA) is 24.1 Å². The van der Waals surface area contributed by atoms with Gasteiger partial charge in [-0.15, -0.1) is 11.8 Å². The molecular formula is C14H22N2S. The second-order valence-electron chi connectivity index (χ2n) is 4.65. The lowest BCUT2D eigenvalue weighted by atomic mass is 9.94. The molecule has 1 aliphatic carbocycles. The molecule has 17 heavy (non-hydrogen) atoms. The first-order valence-electron chi connectivity index (χ1n) is 6.57. The van der Waals surface area contributed by atoms with Gasteiger partial charge in [-0.1, -0.05) is 31.5 Å². The first kappa shape index (κ1) is 12.9. The third-order valence-corrected chi connectivity index (χ3v) is 4.46. The molecule has 2 nitrogen and oxygen atoms in total. The summed E-state index contributed by atoms with van der Waals surface area (Å²) >= 11 is 1.93. The average Bonchev–Trinajstić information content (AvgIpc) is 2.32. The Morgan fingerprint density at radius 2 is 2.06 bits per heavy atom. The zero-order valence-electron chi connectivity index (χ0n) is 10.5. The first-order valence-corrected chi connectivity index (χ1v) is 7.56. The van der Waals surface area contributed by atoms with Crippen LogP contribution in [0.5, 0.6) is 0 Å². The summed E-state index contributed by atoms with van der Waals surface area (Å²) in [6.45, 7) is 2.24. The molecule has 1 saturated carbocycles. The SMILES string of the molecule is CCC(CSc1ccccc1)NNC1CCC1. The average molecular weight is 250 g/mol. The number of hydrogen-bond acceptors (Lipinski definition) is 3. The summed E-state index contributed by atoms with van der Waals surface area (Å²) in [7, 11) is 0. The van der Waals surface area contributed by atoms with E-state index in [1.54, 1.807) is 0 Å². The molecular weight excluding hydrogens is 228 g/mol. The lowest BCUT2D eigenvalue weighted by molar-refractivity contribution is 0.281. The second kappa shape index (κ2) is 7.04. The van der Waals surface area contributed by atoms with Crippen molar-refractivity contribution in [2.24, 2.45) is 0 Å². The van der Waals surface area contributed by atoms with Crippen LogP contribution in [0, 0.1) is 0 Å². The Bertz CT molecular complexity index is 311. The normalized spacial score (nSPS) is 17.7. The number of nitrogens with one attached hydrogen (secondary N) is 2. The van der Waals surface area contributed by atoms with E-state index < -0.39 is 0 Å². The van der Waals surface area contributed by atoms with Crippen molar-refractivity contribution >= 4 is 11.8 Å². The van der Waals surface area contributed by atoms with Crippen LogP contribution in [0.4, 0.5) is 0 Å². The van der Waals surface area contributed by atoms with Crippen LogP contribution in [0.1, 0.15) is 32.6 Å². The lowest BCUT2D eigenvalue weighted by Gasteiger charge is -2.29. The van der Waals surface area contributed by atoms with Crippen molar-refractivity contribution in [3.05, 3.63) is 30.3 Å². The highest BCUT2D eigenvalue weighted by Gasteiger charge is 2.17. The summed E-state index contributed by atoms with van der Waals surface area (Å²) in [5.41, 5.74) is 6.91. The van der Waals surface area contributed by atoms with Crippen LogP contribution in [0.3, 0.4) is 0 Å². The number of benzene rings is 1. The van der Waals surface area contributed by atoms with Gasteiger partial charge in [-0.3, -0.25) is 10.9 Å². The highest BCUT2D eigenvalue weighted by atomic mass is 32.2. The fourth-order valence-electron chi connectivity index (χ4n) is 1.76. The molecule has 3 heteroatoms. The van der Waals surface area contributed by atoms with Gasteiger partial charge in [-0.05, 0) is 31.4 Å². The van der Waals surface area contributed by atoms with Crippen molar-refractivity contribution in [3.8, 4) is 0 Å². The molecule has 0 bridgehead atoms. The summed E-state index contributed by atoms with van der Waals surface area (Å²) in [5, 5.41) is 0. The molecule has 0 saturated heterocycles. The van der Waals surface area contributed by atoms with E-state index in [4.69, 9.17) is 0 Å². The molecule has 1 fully saturated rings. The minimum atomic E-state index is 0.556. The molecule has 2 rings (SSSR count). The Labute approximate surface area is 109 Å². The summed E-state index contributed by atoms with van der Waals surface area (Å²) in [4.78, 5) is 1.36. The number of hydrogen-bond donors (Lipinski definition) is 2. The van der Waals surface area contributed by atoms with Crippen LogP contribution in [-0.2, 0) is 0 Å². The van der Waals surface area contributed by atoms with Gasteiger partial charge in [0.15, 0.2) is 0 Å². The maximum atomic E-state index is 3.47. The van der Waals surface area contributed by atoms with Gasteiger partial charge in [0.1, 0.15) is 0 Å². The molecule has 2 N–H and O–H groups in total. The minimum Gasteiger partial charge on any atom is -0.254 e. The zero-order valence-corrected chi connectivity index (χ0v) is 11.3. The molecule has 94 valence electrons. The quantitative estimate of drug-likeness (QED) is 0.574. The van der Waals surface area contributed by atoms with Gasteiger partial charge in [0.2, 0.25) is 0 Å². The number of rotatable bonds is 7. The monoisotopic (exact) mass is 250 g/mol. The Morgan fingerprint density at radius 3 is 2.65 bits per heavy atom. The van der Waals surface area contributed by atoms with Gasteiger partial charge in [0, 0.05) is 22.7 Å². The highest BCUT2D eigenvalue weighted by molar-refractivity contribution is 7.99. The van der Waals surface area contributed by atoms with Crippen molar-refractivity contribution in [2.45, 2.75) is 49.6 Å². The summed E-state index contributed by atoms with van der Waals surface area (Å²) in [5.74, 6) is 1.13. The van der Waals surface area contributed by atoms with Gasteiger partial charge >= 0.3 is 0 Å². The largest absolute Gasteiger partial charge is 0.254 e. The van der Waals surface area contributed by atoms with E-state index in [2.05, 4.69) is 48.1 Å². The predicted molar refractivity (Wildman–Crippen MR) is 75.2 cm³/mol. The maximum absolute atomic E-state index is 3.47. The fraction of sp³-hybridized carbons (Fsp3) is 0.571. The van der Waals surface area contributed by atoms with E-state index in [1.807, 2.05) is 11.8 Å². The lowest BCUT2D eigenvalue weighted by Crippen LogP contribution is -2.49. The van der Waals surface area contributed by atoms with Crippen molar-refractivity contribution in [3.63, 3.8) is 0 Å². The maximum Gasteiger partial charge on any atom is 0.0304 e. The Kier molecular flexibility index (Phi) is 5.36. The first-order chi connectivity index (χ1) is 8.38. The second-order valence-corrected chi connectivity index (χ2v) is 5.74. The standard InChI is InChI=1S/C14H22N2S/c1-2-12(15-16-13-7-6-8-13)11-17-14-9-4-3-5-10-14/h3-5,9-10,12-13,15-16H,2,6-8,11H2,1H3. The molecule has 0 aliphatic heterocycles. The zero-order chi connectivity index (χ0) is 11.9. The summed E-state index contributed by atoms with van der Waals surface area (Å²) < 4.78 is 0. The van der Waals surface area contributed by atoms with Crippen molar-refractivity contribution in [2.75, 3.05) is 5.75 Å². The van der Waals surface area contributed by atoms with Gasteiger partial charge in [-0.2, -0.15) is 0 Å². The van der Waals surface area contributed by atoms with Crippen LogP contribution in [0.2, 0.25) is 0 Å². The van der Waals surface area contributed by atoms with Gasteiger partial charge in [0.05, 0.1) is 0 Å². The molecule has 1 unspecified atom stereocenters. The molecule has 1 atom stereocenters. The van der Waals surface area contributed by atoms with E-state index in [0.717, 1.165) is 5.75 Å². The molecule has 1 aromatic carbocycles. The van der Waals surface area contributed by atoms with Crippen LogP contribution in [0.25, 0.3) is 0 Å². The Morgan fingerprint density at radius 1 is 1.29 bits per heavy atom. The van der Waals surface area contributed by atoms with Crippen molar-refractivity contribution in [1.29, 1.82) is 0 Å². The van der Waals surface area contributed by atoms with Gasteiger partial charge in [0.25, 0.3) is 0 Å². The van der Waals surface area contributed by atoms with Crippen LogP contribution in [-0.4, -0.2) is 17.8 Å². The number of thioether (sulfide) groups is 1. The smallest absolute Gasteiger partial charge is 0.0304 e.